The number of aliphatic imine (C=N–C) groups is 1. The lowest BCUT2D eigenvalue weighted by molar-refractivity contribution is 0.134. The highest BCUT2D eigenvalue weighted by molar-refractivity contribution is 6.15. The molecule has 0 bridgehead atoms. The summed E-state index contributed by atoms with van der Waals surface area (Å²) in [5, 5.41) is 0. The minimum Gasteiger partial charge on any atom is -0.493 e. The van der Waals surface area contributed by atoms with E-state index in [1.807, 2.05) is 6.07 Å². The van der Waals surface area contributed by atoms with Gasteiger partial charge in [0.1, 0.15) is 5.60 Å². The summed E-state index contributed by atoms with van der Waals surface area (Å²) in [6.07, 6.45) is 1.84. The normalized spacial score (nSPS) is 17.8. The fraction of sp³-hybridized carbons (Fsp3) is 0.350. The molecule has 0 unspecified atom stereocenters. The highest BCUT2D eigenvalue weighted by Gasteiger charge is 2.37. The molecule has 2 aliphatic rings. The van der Waals surface area contributed by atoms with Crippen molar-refractivity contribution in [1.82, 2.24) is 0 Å². The standard InChI is InChI=1S/C20H21NO2/c1-20(2)12-15-17-14(11-16(22-3)19(15)23-20)9-10-21-18(17)13-7-5-4-6-8-13/h4-8,11H,9-10,12H2,1-3H3. The van der Waals surface area contributed by atoms with Crippen LogP contribution < -0.4 is 9.47 Å². The zero-order chi connectivity index (χ0) is 16.0. The number of rotatable bonds is 2. The molecule has 4 rings (SSSR count). The van der Waals surface area contributed by atoms with Crippen LogP contribution in [0.4, 0.5) is 0 Å². The average Bonchev–Trinajstić information content (AvgIpc) is 2.89. The highest BCUT2D eigenvalue weighted by atomic mass is 16.5. The minimum atomic E-state index is -0.204. The maximum atomic E-state index is 6.19. The fourth-order valence-electron chi connectivity index (χ4n) is 3.61. The molecule has 2 aromatic carbocycles. The summed E-state index contributed by atoms with van der Waals surface area (Å²) >= 11 is 0. The third-order valence-corrected chi connectivity index (χ3v) is 4.56. The van der Waals surface area contributed by atoms with Gasteiger partial charge in [0.2, 0.25) is 0 Å². The van der Waals surface area contributed by atoms with Crippen molar-refractivity contribution in [2.24, 2.45) is 4.99 Å². The Morgan fingerprint density at radius 2 is 1.96 bits per heavy atom. The summed E-state index contributed by atoms with van der Waals surface area (Å²) in [4.78, 5) is 4.84. The van der Waals surface area contributed by atoms with Gasteiger partial charge in [-0.15, -0.1) is 0 Å². The summed E-state index contributed by atoms with van der Waals surface area (Å²) in [5.41, 5.74) is 5.87. The van der Waals surface area contributed by atoms with E-state index >= 15 is 0 Å². The highest BCUT2D eigenvalue weighted by Crippen LogP contribution is 2.46. The molecule has 2 aromatic rings. The number of hydrogen-bond donors (Lipinski definition) is 0. The van der Waals surface area contributed by atoms with E-state index in [0.29, 0.717) is 0 Å². The molecular formula is C20H21NO2. The van der Waals surface area contributed by atoms with Crippen molar-refractivity contribution in [3.8, 4) is 11.5 Å². The molecule has 0 saturated heterocycles. The third-order valence-electron chi connectivity index (χ3n) is 4.56. The Kier molecular flexibility index (Phi) is 3.19. The molecule has 0 atom stereocenters. The van der Waals surface area contributed by atoms with Gasteiger partial charge >= 0.3 is 0 Å². The van der Waals surface area contributed by atoms with Gasteiger partial charge in [-0.1, -0.05) is 30.3 Å². The Labute approximate surface area is 137 Å². The molecule has 0 aliphatic carbocycles. The monoisotopic (exact) mass is 307 g/mol. The predicted molar refractivity (Wildman–Crippen MR) is 92.1 cm³/mol. The average molecular weight is 307 g/mol. The molecule has 0 amide bonds. The number of benzene rings is 2. The molecule has 23 heavy (non-hydrogen) atoms. The summed E-state index contributed by atoms with van der Waals surface area (Å²) in [7, 11) is 1.71. The largest absolute Gasteiger partial charge is 0.493 e. The minimum absolute atomic E-state index is 0.204. The van der Waals surface area contributed by atoms with E-state index in [-0.39, 0.29) is 5.60 Å². The fourth-order valence-corrected chi connectivity index (χ4v) is 3.61. The SMILES string of the molecule is COc1cc2c(c3c1OC(C)(C)C3)C(c1ccccc1)=NCC2. The Morgan fingerprint density at radius 1 is 1.17 bits per heavy atom. The smallest absolute Gasteiger partial charge is 0.166 e. The molecule has 3 heteroatoms. The van der Waals surface area contributed by atoms with Gasteiger partial charge in [0.15, 0.2) is 11.5 Å². The maximum Gasteiger partial charge on any atom is 0.166 e. The second-order valence-electron chi connectivity index (χ2n) is 6.81. The number of fused-ring (bicyclic) bond motifs is 3. The molecular weight excluding hydrogens is 286 g/mol. The van der Waals surface area contributed by atoms with Crippen molar-refractivity contribution in [2.75, 3.05) is 13.7 Å². The second-order valence-corrected chi connectivity index (χ2v) is 6.81. The van der Waals surface area contributed by atoms with Crippen LogP contribution in [0.2, 0.25) is 0 Å². The lowest BCUT2D eigenvalue weighted by Crippen LogP contribution is -2.25. The number of methoxy groups -OCH3 is 1. The number of ether oxygens (including phenoxy) is 2. The van der Waals surface area contributed by atoms with E-state index in [4.69, 9.17) is 14.5 Å². The first-order valence-electron chi connectivity index (χ1n) is 8.11. The van der Waals surface area contributed by atoms with Gasteiger partial charge < -0.3 is 9.47 Å². The van der Waals surface area contributed by atoms with Gasteiger partial charge in [0, 0.05) is 29.7 Å². The van der Waals surface area contributed by atoms with Crippen molar-refractivity contribution >= 4 is 5.71 Å². The Bertz CT molecular complexity index is 791. The zero-order valence-electron chi connectivity index (χ0n) is 13.8. The van der Waals surface area contributed by atoms with E-state index < -0.39 is 0 Å². The Hall–Kier alpha value is -2.29. The van der Waals surface area contributed by atoms with E-state index in [1.165, 1.54) is 22.3 Å². The summed E-state index contributed by atoms with van der Waals surface area (Å²) in [6.45, 7) is 5.07. The summed E-state index contributed by atoms with van der Waals surface area (Å²) in [5.74, 6) is 1.74. The predicted octanol–water partition coefficient (Wildman–Crippen LogP) is 3.80. The Morgan fingerprint density at radius 3 is 2.70 bits per heavy atom. The van der Waals surface area contributed by atoms with Gasteiger partial charge in [-0.25, -0.2) is 0 Å². The molecule has 0 fully saturated rings. The lowest BCUT2D eigenvalue weighted by atomic mass is 9.86. The molecule has 0 aromatic heterocycles. The van der Waals surface area contributed by atoms with Crippen LogP contribution in [0.1, 0.15) is 36.1 Å². The van der Waals surface area contributed by atoms with Gasteiger partial charge in [-0.2, -0.15) is 0 Å². The van der Waals surface area contributed by atoms with Crippen LogP contribution in [0.5, 0.6) is 11.5 Å². The van der Waals surface area contributed by atoms with E-state index in [0.717, 1.165) is 36.6 Å². The van der Waals surface area contributed by atoms with Crippen molar-refractivity contribution in [3.63, 3.8) is 0 Å². The lowest BCUT2D eigenvalue weighted by Gasteiger charge is -2.21. The molecule has 0 spiro atoms. The van der Waals surface area contributed by atoms with Crippen LogP contribution in [0.25, 0.3) is 0 Å². The first-order chi connectivity index (χ1) is 11.1. The number of hydrogen-bond acceptors (Lipinski definition) is 3. The first-order valence-corrected chi connectivity index (χ1v) is 8.11. The van der Waals surface area contributed by atoms with Crippen LogP contribution in [0, 0.1) is 0 Å². The van der Waals surface area contributed by atoms with E-state index in [9.17, 15) is 0 Å². The van der Waals surface area contributed by atoms with Gasteiger partial charge in [0.25, 0.3) is 0 Å². The maximum absolute atomic E-state index is 6.19. The van der Waals surface area contributed by atoms with Crippen LogP contribution in [0.3, 0.4) is 0 Å². The summed E-state index contributed by atoms with van der Waals surface area (Å²) in [6, 6.07) is 12.6. The molecule has 3 nitrogen and oxygen atoms in total. The van der Waals surface area contributed by atoms with E-state index in [2.05, 4.69) is 44.2 Å². The Balaban J connectivity index is 1.94. The second kappa shape index (κ2) is 5.12. The van der Waals surface area contributed by atoms with Crippen LogP contribution in [-0.4, -0.2) is 25.0 Å². The molecule has 118 valence electrons. The topological polar surface area (TPSA) is 30.8 Å². The first kappa shape index (κ1) is 14.3. The molecule has 0 N–H and O–H groups in total. The molecule has 2 heterocycles. The van der Waals surface area contributed by atoms with Gasteiger partial charge in [-0.05, 0) is 31.9 Å². The number of nitrogens with zero attached hydrogens (tertiary/aromatic N) is 1. The van der Waals surface area contributed by atoms with E-state index in [1.54, 1.807) is 7.11 Å². The zero-order valence-corrected chi connectivity index (χ0v) is 13.8. The van der Waals surface area contributed by atoms with Crippen LogP contribution >= 0.6 is 0 Å². The molecule has 0 radical (unpaired) electrons. The van der Waals surface area contributed by atoms with Gasteiger partial charge in [-0.3, -0.25) is 4.99 Å². The third kappa shape index (κ3) is 2.31. The van der Waals surface area contributed by atoms with Crippen molar-refractivity contribution in [3.05, 3.63) is 58.7 Å². The van der Waals surface area contributed by atoms with Crippen molar-refractivity contribution in [1.29, 1.82) is 0 Å². The van der Waals surface area contributed by atoms with Crippen molar-refractivity contribution < 1.29 is 9.47 Å². The van der Waals surface area contributed by atoms with Crippen molar-refractivity contribution in [2.45, 2.75) is 32.3 Å². The van der Waals surface area contributed by atoms with Crippen LogP contribution in [0.15, 0.2) is 41.4 Å². The summed E-state index contributed by atoms with van der Waals surface area (Å²) < 4.78 is 11.8. The van der Waals surface area contributed by atoms with Crippen LogP contribution in [-0.2, 0) is 12.8 Å². The molecule has 0 saturated carbocycles. The quantitative estimate of drug-likeness (QED) is 0.845. The van der Waals surface area contributed by atoms with Gasteiger partial charge in [0.05, 0.1) is 12.8 Å². The molecule has 2 aliphatic heterocycles.